The lowest BCUT2D eigenvalue weighted by atomic mass is 10.1. The molecule has 2 aromatic carbocycles. The van der Waals surface area contributed by atoms with Crippen molar-refractivity contribution in [3.8, 4) is 5.75 Å². The number of amidine groups is 1. The van der Waals surface area contributed by atoms with Gasteiger partial charge in [-0.2, -0.15) is 0 Å². The molecule has 0 aliphatic carbocycles. The lowest BCUT2D eigenvalue weighted by molar-refractivity contribution is 0.304. The number of aryl methyl sites for hydroxylation is 3. The fourth-order valence-corrected chi connectivity index (χ4v) is 2.03. The molecule has 0 saturated heterocycles. The Hall–Kier alpha value is -2.49. The number of nitrogens with two attached hydrogens (primary N) is 1. The minimum absolute atomic E-state index is 0.0750. The van der Waals surface area contributed by atoms with E-state index in [9.17, 15) is 0 Å². The summed E-state index contributed by atoms with van der Waals surface area (Å²) in [6, 6.07) is 11.7. The van der Waals surface area contributed by atoms with Crippen molar-refractivity contribution < 1.29 is 9.94 Å². The molecule has 0 radical (unpaired) electrons. The largest absolute Gasteiger partial charge is 0.489 e. The summed E-state index contributed by atoms with van der Waals surface area (Å²) in [6.07, 6.45) is 0. The third kappa shape index (κ3) is 3.54. The number of benzene rings is 2. The molecule has 21 heavy (non-hydrogen) atoms. The highest BCUT2D eigenvalue weighted by Crippen LogP contribution is 2.21. The summed E-state index contributed by atoms with van der Waals surface area (Å²) in [5.74, 6) is 0.809. The van der Waals surface area contributed by atoms with Crippen molar-refractivity contribution in [2.24, 2.45) is 10.9 Å². The van der Waals surface area contributed by atoms with Crippen LogP contribution in [0.25, 0.3) is 0 Å². The SMILES string of the molecule is Cc1ccc(COc2cc(/C(N)=N/O)ccc2C)cc1C. The molecule has 0 aliphatic heterocycles. The highest BCUT2D eigenvalue weighted by Gasteiger charge is 2.06. The zero-order chi connectivity index (χ0) is 15.4. The molecule has 0 heterocycles. The zero-order valence-corrected chi connectivity index (χ0v) is 12.6. The van der Waals surface area contributed by atoms with Gasteiger partial charge in [-0.05, 0) is 49.1 Å². The molecule has 0 unspecified atom stereocenters. The average molecular weight is 284 g/mol. The molecule has 0 fully saturated rings. The van der Waals surface area contributed by atoms with Crippen LogP contribution in [0.2, 0.25) is 0 Å². The van der Waals surface area contributed by atoms with Crippen LogP contribution in [0.5, 0.6) is 5.75 Å². The van der Waals surface area contributed by atoms with Crippen LogP contribution >= 0.6 is 0 Å². The van der Waals surface area contributed by atoms with Gasteiger partial charge < -0.3 is 15.7 Å². The van der Waals surface area contributed by atoms with Crippen LogP contribution in [-0.4, -0.2) is 11.0 Å². The second kappa shape index (κ2) is 6.31. The summed E-state index contributed by atoms with van der Waals surface area (Å²) < 4.78 is 5.86. The van der Waals surface area contributed by atoms with Crippen molar-refractivity contribution in [2.75, 3.05) is 0 Å². The van der Waals surface area contributed by atoms with Gasteiger partial charge in [-0.15, -0.1) is 0 Å². The van der Waals surface area contributed by atoms with E-state index in [4.69, 9.17) is 15.7 Å². The van der Waals surface area contributed by atoms with E-state index in [1.54, 1.807) is 12.1 Å². The van der Waals surface area contributed by atoms with Gasteiger partial charge in [0.05, 0.1) is 0 Å². The van der Waals surface area contributed by atoms with Crippen LogP contribution in [0.1, 0.15) is 27.8 Å². The molecule has 0 spiro atoms. The minimum Gasteiger partial charge on any atom is -0.489 e. The zero-order valence-electron chi connectivity index (χ0n) is 12.6. The number of ether oxygens (including phenoxy) is 1. The molecular formula is C17H20N2O2. The number of rotatable bonds is 4. The average Bonchev–Trinajstić information content (AvgIpc) is 2.49. The van der Waals surface area contributed by atoms with Crippen molar-refractivity contribution in [1.82, 2.24) is 0 Å². The smallest absolute Gasteiger partial charge is 0.170 e. The molecule has 4 heteroatoms. The Balaban J connectivity index is 2.17. The number of oxime groups is 1. The summed E-state index contributed by atoms with van der Waals surface area (Å²) in [7, 11) is 0. The van der Waals surface area contributed by atoms with Crippen molar-refractivity contribution in [1.29, 1.82) is 0 Å². The van der Waals surface area contributed by atoms with Crippen LogP contribution < -0.4 is 10.5 Å². The Bertz CT molecular complexity index is 678. The number of hydrogen-bond acceptors (Lipinski definition) is 3. The van der Waals surface area contributed by atoms with E-state index in [0.29, 0.717) is 12.2 Å². The maximum atomic E-state index is 8.73. The van der Waals surface area contributed by atoms with Crippen molar-refractivity contribution in [3.63, 3.8) is 0 Å². The van der Waals surface area contributed by atoms with E-state index in [-0.39, 0.29) is 5.84 Å². The Morgan fingerprint density at radius 2 is 1.76 bits per heavy atom. The second-order valence-corrected chi connectivity index (χ2v) is 5.17. The maximum absolute atomic E-state index is 8.73. The standard InChI is InChI=1S/C17H20N2O2/c1-11-4-6-14(8-13(11)3)10-21-16-9-15(17(18)19-20)7-5-12(16)2/h4-9,20H,10H2,1-3H3,(H2,18,19). The number of hydrogen-bond donors (Lipinski definition) is 2. The first kappa shape index (κ1) is 14.9. The topological polar surface area (TPSA) is 67.8 Å². The van der Waals surface area contributed by atoms with Crippen LogP contribution in [-0.2, 0) is 6.61 Å². The highest BCUT2D eigenvalue weighted by molar-refractivity contribution is 5.97. The monoisotopic (exact) mass is 284 g/mol. The fraction of sp³-hybridized carbons (Fsp3) is 0.235. The van der Waals surface area contributed by atoms with E-state index < -0.39 is 0 Å². The fourth-order valence-electron chi connectivity index (χ4n) is 2.03. The third-order valence-corrected chi connectivity index (χ3v) is 3.56. The Labute approximate surface area is 124 Å². The molecule has 0 bridgehead atoms. The number of nitrogens with zero attached hydrogens (tertiary/aromatic N) is 1. The van der Waals surface area contributed by atoms with E-state index in [1.807, 2.05) is 13.0 Å². The quantitative estimate of drug-likeness (QED) is 0.392. The molecular weight excluding hydrogens is 264 g/mol. The third-order valence-electron chi connectivity index (χ3n) is 3.56. The molecule has 3 N–H and O–H groups in total. The Kier molecular flexibility index (Phi) is 4.48. The van der Waals surface area contributed by atoms with Crippen LogP contribution in [0.4, 0.5) is 0 Å². The van der Waals surface area contributed by atoms with Gasteiger partial charge in [0.15, 0.2) is 5.84 Å². The first-order chi connectivity index (χ1) is 10.0. The van der Waals surface area contributed by atoms with E-state index >= 15 is 0 Å². The molecule has 0 saturated carbocycles. The highest BCUT2D eigenvalue weighted by atomic mass is 16.5. The van der Waals surface area contributed by atoms with Gasteiger partial charge in [0.2, 0.25) is 0 Å². The molecule has 110 valence electrons. The molecule has 0 aliphatic rings. The predicted molar refractivity (Wildman–Crippen MR) is 83.9 cm³/mol. The summed E-state index contributed by atoms with van der Waals surface area (Å²) in [4.78, 5) is 0. The van der Waals surface area contributed by atoms with Gasteiger partial charge in [0, 0.05) is 5.56 Å². The summed E-state index contributed by atoms with van der Waals surface area (Å²) in [5.41, 5.74) is 10.9. The van der Waals surface area contributed by atoms with Crippen molar-refractivity contribution in [3.05, 3.63) is 64.2 Å². The van der Waals surface area contributed by atoms with Crippen molar-refractivity contribution in [2.45, 2.75) is 27.4 Å². The normalized spacial score (nSPS) is 11.5. The van der Waals surface area contributed by atoms with Crippen LogP contribution in [0, 0.1) is 20.8 Å². The molecule has 0 amide bonds. The van der Waals surface area contributed by atoms with E-state index in [2.05, 4.69) is 37.2 Å². The lowest BCUT2D eigenvalue weighted by Gasteiger charge is -2.11. The Morgan fingerprint density at radius 1 is 1.05 bits per heavy atom. The van der Waals surface area contributed by atoms with Crippen LogP contribution in [0.15, 0.2) is 41.6 Å². The molecule has 4 nitrogen and oxygen atoms in total. The van der Waals surface area contributed by atoms with Gasteiger partial charge in [-0.1, -0.05) is 35.5 Å². The first-order valence-electron chi connectivity index (χ1n) is 6.78. The Morgan fingerprint density at radius 3 is 2.43 bits per heavy atom. The summed E-state index contributed by atoms with van der Waals surface area (Å²) >= 11 is 0. The second-order valence-electron chi connectivity index (χ2n) is 5.17. The maximum Gasteiger partial charge on any atom is 0.170 e. The molecule has 2 aromatic rings. The molecule has 2 rings (SSSR count). The first-order valence-corrected chi connectivity index (χ1v) is 6.78. The predicted octanol–water partition coefficient (Wildman–Crippen LogP) is 3.29. The van der Waals surface area contributed by atoms with E-state index in [0.717, 1.165) is 16.9 Å². The van der Waals surface area contributed by atoms with Gasteiger partial charge >= 0.3 is 0 Å². The molecule has 0 atom stereocenters. The van der Waals surface area contributed by atoms with Gasteiger partial charge in [-0.3, -0.25) is 0 Å². The van der Waals surface area contributed by atoms with Gasteiger partial charge in [-0.25, -0.2) is 0 Å². The van der Waals surface area contributed by atoms with E-state index in [1.165, 1.54) is 11.1 Å². The summed E-state index contributed by atoms with van der Waals surface area (Å²) in [6.45, 7) is 6.63. The minimum atomic E-state index is 0.0750. The summed E-state index contributed by atoms with van der Waals surface area (Å²) in [5, 5.41) is 11.7. The van der Waals surface area contributed by atoms with Crippen molar-refractivity contribution >= 4 is 5.84 Å². The van der Waals surface area contributed by atoms with Gasteiger partial charge in [0.25, 0.3) is 0 Å². The lowest BCUT2D eigenvalue weighted by Crippen LogP contribution is -2.13. The van der Waals surface area contributed by atoms with Gasteiger partial charge in [0.1, 0.15) is 12.4 Å². The van der Waals surface area contributed by atoms with Crippen LogP contribution in [0.3, 0.4) is 0 Å². The molecule has 0 aromatic heterocycles.